The van der Waals surface area contributed by atoms with E-state index in [2.05, 4.69) is 124 Å². The average molecular weight is 512 g/mol. The van der Waals surface area contributed by atoms with Gasteiger partial charge >= 0.3 is 0 Å². The summed E-state index contributed by atoms with van der Waals surface area (Å²) in [6.07, 6.45) is 8.84. The first kappa shape index (κ1) is 28.7. The Kier molecular flexibility index (Phi) is 9.23. The minimum absolute atomic E-state index is 0.0399. The zero-order chi connectivity index (χ0) is 29.0. The van der Waals surface area contributed by atoms with Gasteiger partial charge in [0.2, 0.25) is 0 Å². The fraction of sp³-hybridized carbons (Fsp3) is 0.526. The van der Waals surface area contributed by atoms with E-state index in [1.807, 2.05) is 0 Å². The summed E-state index contributed by atoms with van der Waals surface area (Å²) in [7, 11) is 0. The summed E-state index contributed by atoms with van der Waals surface area (Å²) in [5.41, 5.74) is 9.93. The van der Waals surface area contributed by atoms with Crippen LogP contribution in [0.5, 0.6) is 0 Å². The van der Waals surface area contributed by atoms with E-state index in [-0.39, 0.29) is 16.2 Å². The van der Waals surface area contributed by atoms with Crippen LogP contribution in [0.1, 0.15) is 131 Å². The van der Waals surface area contributed by atoms with Crippen LogP contribution in [0.2, 0.25) is 0 Å². The van der Waals surface area contributed by atoms with Crippen molar-refractivity contribution in [3.63, 3.8) is 0 Å². The maximum atomic E-state index is 9.49. The van der Waals surface area contributed by atoms with Crippen LogP contribution < -0.4 is 0 Å². The second-order valence-corrected chi connectivity index (χ2v) is 14.5. The Bertz CT molecular complexity index is 1210. The first-order chi connectivity index (χ1) is 18.1. The lowest BCUT2D eigenvalue weighted by Crippen LogP contribution is -2.16. The molecule has 0 amide bonds. The van der Waals surface area contributed by atoms with Crippen LogP contribution in [0, 0.1) is 0 Å². The molecule has 0 heteroatoms. The molecule has 0 spiro atoms. The lowest BCUT2D eigenvalue weighted by molar-refractivity contribution is 0.569. The highest BCUT2D eigenvalue weighted by Crippen LogP contribution is 2.37. The van der Waals surface area contributed by atoms with Gasteiger partial charge in [-0.05, 0) is 79.6 Å². The zero-order valence-corrected chi connectivity index (χ0v) is 26.1. The predicted octanol–water partition coefficient (Wildman–Crippen LogP) is 11.8. The molecule has 0 saturated carbocycles. The fourth-order valence-electron chi connectivity index (χ4n) is 5.00. The number of rotatable bonds is 9. The second-order valence-electron chi connectivity index (χ2n) is 14.5. The molecule has 38 heavy (non-hydrogen) atoms. The van der Waals surface area contributed by atoms with Crippen LogP contribution in [0.4, 0.5) is 0 Å². The van der Waals surface area contributed by atoms with Gasteiger partial charge in [0.1, 0.15) is 0 Å². The molecule has 0 saturated heterocycles. The van der Waals surface area contributed by atoms with Crippen LogP contribution in [-0.4, -0.2) is 0 Å². The van der Waals surface area contributed by atoms with Crippen molar-refractivity contribution < 1.29 is 1.37 Å². The van der Waals surface area contributed by atoms with Crippen molar-refractivity contribution >= 4 is 0 Å². The zero-order valence-electron chi connectivity index (χ0n) is 27.1. The Morgan fingerprint density at radius 2 is 1.03 bits per heavy atom. The molecule has 3 rings (SSSR count). The van der Waals surface area contributed by atoms with E-state index in [1.54, 1.807) is 0 Å². The van der Waals surface area contributed by atoms with Crippen molar-refractivity contribution in [3.8, 4) is 22.3 Å². The lowest BCUT2D eigenvalue weighted by Gasteiger charge is -2.26. The molecule has 0 N–H and O–H groups in total. The molecule has 3 aromatic rings. The van der Waals surface area contributed by atoms with Gasteiger partial charge in [-0.3, -0.25) is 0 Å². The van der Waals surface area contributed by atoms with Crippen LogP contribution >= 0.6 is 0 Å². The Morgan fingerprint density at radius 3 is 1.58 bits per heavy atom. The number of hydrogen-bond donors (Lipinski definition) is 0. The van der Waals surface area contributed by atoms with Gasteiger partial charge in [-0.2, -0.15) is 0 Å². The van der Waals surface area contributed by atoms with Crippen molar-refractivity contribution in [3.05, 3.63) is 82.9 Å². The largest absolute Gasteiger partial charge is 0.0654 e. The van der Waals surface area contributed by atoms with E-state index in [0.717, 1.165) is 23.1 Å². The van der Waals surface area contributed by atoms with Crippen molar-refractivity contribution in [2.24, 2.45) is 0 Å². The minimum Gasteiger partial charge on any atom is -0.0654 e. The van der Waals surface area contributed by atoms with E-state index in [4.69, 9.17) is 0 Å². The SMILES string of the molecule is [2H]c1c(-c2cccc(C(C)(C)C)c2)cc(CCCCCCCC)cc1-c1cc(C(C)(C)C)cc(C(C)(C)C)c1. The summed E-state index contributed by atoms with van der Waals surface area (Å²) in [6.45, 7) is 22.8. The molecule has 0 bridgehead atoms. The minimum atomic E-state index is 0.0399. The molecule has 0 aliphatic rings. The average Bonchev–Trinajstić information content (AvgIpc) is 2.85. The number of unbranched alkanes of at least 4 members (excludes halogenated alkanes) is 5. The topological polar surface area (TPSA) is 0 Å². The van der Waals surface area contributed by atoms with E-state index in [1.165, 1.54) is 66.3 Å². The summed E-state index contributed by atoms with van der Waals surface area (Å²) >= 11 is 0. The lowest BCUT2D eigenvalue weighted by atomic mass is 9.78. The van der Waals surface area contributed by atoms with E-state index >= 15 is 0 Å². The van der Waals surface area contributed by atoms with Gasteiger partial charge in [-0.25, -0.2) is 0 Å². The van der Waals surface area contributed by atoms with E-state index < -0.39 is 0 Å². The van der Waals surface area contributed by atoms with Crippen molar-refractivity contribution in [2.75, 3.05) is 0 Å². The molecule has 206 valence electrons. The molecule has 0 aliphatic heterocycles. The third-order valence-corrected chi connectivity index (χ3v) is 7.76. The van der Waals surface area contributed by atoms with Crippen molar-refractivity contribution in [2.45, 2.75) is 130 Å². The molecule has 0 fully saturated rings. The first-order valence-electron chi connectivity index (χ1n) is 15.5. The fourth-order valence-corrected chi connectivity index (χ4v) is 5.00. The summed E-state index contributed by atoms with van der Waals surface area (Å²) in [4.78, 5) is 0. The summed E-state index contributed by atoms with van der Waals surface area (Å²) < 4.78 is 9.49. The summed E-state index contributed by atoms with van der Waals surface area (Å²) in [6, 6.07) is 21.2. The normalized spacial score (nSPS) is 13.1. The number of benzene rings is 3. The molecule has 3 aromatic carbocycles. The predicted molar refractivity (Wildman–Crippen MR) is 170 cm³/mol. The molecule has 0 heterocycles. The molecule has 0 aliphatic carbocycles. The Hall–Kier alpha value is -2.34. The highest BCUT2D eigenvalue weighted by atomic mass is 14.3. The Balaban J connectivity index is 2.18. The van der Waals surface area contributed by atoms with Crippen LogP contribution in [0.3, 0.4) is 0 Å². The molecule has 0 radical (unpaired) electrons. The van der Waals surface area contributed by atoms with Crippen LogP contribution in [-0.2, 0) is 22.7 Å². The highest BCUT2D eigenvalue weighted by molar-refractivity contribution is 5.75. The smallest absolute Gasteiger partial charge is 0.0636 e. The van der Waals surface area contributed by atoms with Gasteiger partial charge in [-0.1, -0.05) is 156 Å². The second kappa shape index (κ2) is 12.2. The maximum absolute atomic E-state index is 9.49. The van der Waals surface area contributed by atoms with E-state index in [9.17, 15) is 1.37 Å². The molecule has 0 unspecified atom stereocenters. The highest BCUT2D eigenvalue weighted by Gasteiger charge is 2.21. The number of hydrogen-bond acceptors (Lipinski definition) is 0. The third kappa shape index (κ3) is 8.33. The molecular weight excluding hydrogens is 456 g/mol. The quantitative estimate of drug-likeness (QED) is 0.251. The van der Waals surface area contributed by atoms with Gasteiger partial charge in [0, 0.05) is 0 Å². The number of aryl methyl sites for hydroxylation is 1. The Labute approximate surface area is 236 Å². The maximum Gasteiger partial charge on any atom is 0.0636 e. The van der Waals surface area contributed by atoms with Crippen LogP contribution in [0.15, 0.2) is 60.6 Å². The molecular formula is C38H54. The summed E-state index contributed by atoms with van der Waals surface area (Å²) in [5, 5.41) is 0. The van der Waals surface area contributed by atoms with Gasteiger partial charge in [0.15, 0.2) is 0 Å². The van der Waals surface area contributed by atoms with Gasteiger partial charge in [0.05, 0.1) is 1.37 Å². The van der Waals surface area contributed by atoms with E-state index in [0.29, 0.717) is 6.04 Å². The Morgan fingerprint density at radius 1 is 0.526 bits per heavy atom. The molecule has 0 atom stereocenters. The summed E-state index contributed by atoms with van der Waals surface area (Å²) in [5.74, 6) is 0. The standard InChI is InChI=1S/C38H54/c1-11-12-13-14-15-16-18-28-21-30(29-19-17-20-33(24-29)36(2,3)4)23-31(22-28)32-25-34(37(5,6)7)27-35(26-32)38(8,9)10/h17,19-27H,11-16,18H2,1-10H3/i23D. The third-order valence-electron chi connectivity index (χ3n) is 7.76. The molecule has 0 nitrogen and oxygen atoms in total. The first-order valence-corrected chi connectivity index (χ1v) is 15.0. The monoisotopic (exact) mass is 511 g/mol. The molecule has 0 aromatic heterocycles. The van der Waals surface area contributed by atoms with Gasteiger partial charge in [0.25, 0.3) is 0 Å². The van der Waals surface area contributed by atoms with Crippen molar-refractivity contribution in [1.82, 2.24) is 0 Å². The van der Waals surface area contributed by atoms with Crippen molar-refractivity contribution in [1.29, 1.82) is 0 Å². The van der Waals surface area contributed by atoms with Gasteiger partial charge < -0.3 is 0 Å². The van der Waals surface area contributed by atoms with Gasteiger partial charge in [-0.15, -0.1) is 0 Å². The van der Waals surface area contributed by atoms with Crippen LogP contribution in [0.25, 0.3) is 22.3 Å².